The molecule has 7 nitrogen and oxygen atoms in total. The summed E-state index contributed by atoms with van der Waals surface area (Å²) in [5.41, 5.74) is 0.717. The van der Waals surface area contributed by atoms with Crippen LogP contribution in [0, 0.1) is 0 Å². The molecule has 192 valence electrons. The number of fused-ring (bicyclic) bond motifs is 2. The molecule has 0 aromatic heterocycles. The fourth-order valence-corrected chi connectivity index (χ4v) is 5.47. The Morgan fingerprint density at radius 1 is 0.914 bits per heavy atom. The number of aliphatic hydroxyl groups excluding tert-OH is 4. The van der Waals surface area contributed by atoms with Gasteiger partial charge in [-0.05, 0) is 56.3 Å². The molecule has 0 radical (unpaired) electrons. The van der Waals surface area contributed by atoms with E-state index in [4.69, 9.17) is 4.74 Å². The van der Waals surface area contributed by atoms with Crippen LogP contribution in [-0.2, 0) is 10.9 Å². The maximum absolute atomic E-state index is 13.3. The van der Waals surface area contributed by atoms with E-state index in [1.54, 1.807) is 0 Å². The van der Waals surface area contributed by atoms with Crippen LogP contribution in [0.1, 0.15) is 18.4 Å². The van der Waals surface area contributed by atoms with Crippen molar-refractivity contribution in [2.45, 2.75) is 59.3 Å². The molecule has 2 aliphatic rings. The summed E-state index contributed by atoms with van der Waals surface area (Å²) in [6, 6.07) is 11.4. The van der Waals surface area contributed by atoms with Gasteiger partial charge in [0.05, 0.1) is 29.6 Å². The zero-order chi connectivity index (χ0) is 25.2. The first-order chi connectivity index (χ1) is 16.7. The van der Waals surface area contributed by atoms with E-state index in [9.17, 15) is 33.6 Å². The SMILES string of the molecule is OC[C@H]1OC(CCNCCCN2c3ccccc3Sc3ccc(C(F)(F)F)cc32)[C@H](O)[C@@H](O)[C@@H]1O. The Bertz CT molecular complexity index is 1010. The first-order valence-corrected chi connectivity index (χ1v) is 12.3. The van der Waals surface area contributed by atoms with Crippen LogP contribution in [0.25, 0.3) is 0 Å². The summed E-state index contributed by atoms with van der Waals surface area (Å²) < 4.78 is 45.5. The third-order valence-electron chi connectivity index (χ3n) is 6.29. The zero-order valence-corrected chi connectivity index (χ0v) is 19.7. The Hall–Kier alpha value is -1.86. The number of nitrogens with zero attached hydrogens (tertiary/aromatic N) is 1. The first-order valence-electron chi connectivity index (χ1n) is 11.5. The quantitative estimate of drug-likeness (QED) is 0.343. The van der Waals surface area contributed by atoms with Crippen molar-refractivity contribution in [2.24, 2.45) is 0 Å². The number of anilines is 2. The molecular formula is C24H29F3N2O5S. The second-order valence-electron chi connectivity index (χ2n) is 8.66. The molecule has 2 aliphatic heterocycles. The lowest BCUT2D eigenvalue weighted by Gasteiger charge is -2.40. The number of benzene rings is 2. The normalized spacial score (nSPS) is 26.4. The lowest BCUT2D eigenvalue weighted by molar-refractivity contribution is -0.229. The van der Waals surface area contributed by atoms with Gasteiger partial charge in [0, 0.05) is 16.3 Å². The lowest BCUT2D eigenvalue weighted by atomic mass is 9.93. The van der Waals surface area contributed by atoms with Gasteiger partial charge in [0.1, 0.15) is 24.4 Å². The van der Waals surface area contributed by atoms with Gasteiger partial charge in [0.2, 0.25) is 0 Å². The molecular weight excluding hydrogens is 485 g/mol. The van der Waals surface area contributed by atoms with Gasteiger partial charge in [-0.25, -0.2) is 0 Å². The molecule has 5 N–H and O–H groups in total. The Morgan fingerprint density at radius 2 is 1.63 bits per heavy atom. The number of halogens is 3. The molecule has 1 saturated heterocycles. The van der Waals surface area contributed by atoms with Gasteiger partial charge in [0.25, 0.3) is 0 Å². The molecule has 0 bridgehead atoms. The average Bonchev–Trinajstić information content (AvgIpc) is 2.84. The molecule has 0 amide bonds. The third kappa shape index (κ3) is 5.77. The predicted octanol–water partition coefficient (Wildman–Crippen LogP) is 2.52. The molecule has 0 aliphatic carbocycles. The van der Waals surface area contributed by atoms with E-state index in [0.717, 1.165) is 21.5 Å². The predicted molar refractivity (Wildman–Crippen MR) is 125 cm³/mol. The van der Waals surface area contributed by atoms with Crippen molar-refractivity contribution in [1.29, 1.82) is 0 Å². The smallest absolute Gasteiger partial charge is 0.394 e. The lowest BCUT2D eigenvalue weighted by Crippen LogP contribution is -2.58. The summed E-state index contributed by atoms with van der Waals surface area (Å²) >= 11 is 1.45. The van der Waals surface area contributed by atoms with Gasteiger partial charge < -0.3 is 35.4 Å². The van der Waals surface area contributed by atoms with Crippen molar-refractivity contribution in [1.82, 2.24) is 5.32 Å². The Morgan fingerprint density at radius 3 is 2.37 bits per heavy atom. The van der Waals surface area contributed by atoms with Crippen LogP contribution in [0.15, 0.2) is 52.3 Å². The van der Waals surface area contributed by atoms with Crippen molar-refractivity contribution >= 4 is 23.1 Å². The number of hydrogen-bond acceptors (Lipinski definition) is 8. The van der Waals surface area contributed by atoms with E-state index in [0.29, 0.717) is 38.2 Å². The number of rotatable bonds is 8. The van der Waals surface area contributed by atoms with Crippen LogP contribution >= 0.6 is 11.8 Å². The number of aliphatic hydroxyl groups is 4. The molecule has 11 heteroatoms. The summed E-state index contributed by atoms with van der Waals surface area (Å²) in [5.74, 6) is 0. The van der Waals surface area contributed by atoms with Gasteiger partial charge >= 0.3 is 6.18 Å². The van der Waals surface area contributed by atoms with Crippen LogP contribution in [0.3, 0.4) is 0 Å². The second kappa shape index (κ2) is 11.0. The summed E-state index contributed by atoms with van der Waals surface area (Å²) in [6.45, 7) is 1.04. The highest BCUT2D eigenvalue weighted by molar-refractivity contribution is 7.99. The first kappa shape index (κ1) is 26.2. The minimum absolute atomic E-state index is 0.350. The summed E-state index contributed by atoms with van der Waals surface area (Å²) in [4.78, 5) is 3.66. The molecule has 1 unspecified atom stereocenters. The monoisotopic (exact) mass is 514 g/mol. The summed E-state index contributed by atoms with van der Waals surface area (Å²) in [6.07, 6.45) is -9.15. The van der Waals surface area contributed by atoms with Crippen molar-refractivity contribution in [2.75, 3.05) is 31.1 Å². The molecule has 35 heavy (non-hydrogen) atoms. The maximum atomic E-state index is 13.3. The highest BCUT2D eigenvalue weighted by Crippen LogP contribution is 2.49. The van der Waals surface area contributed by atoms with E-state index in [-0.39, 0.29) is 0 Å². The molecule has 2 heterocycles. The maximum Gasteiger partial charge on any atom is 0.416 e. The Kier molecular flexibility index (Phi) is 8.26. The van der Waals surface area contributed by atoms with E-state index in [1.807, 2.05) is 29.2 Å². The number of nitrogens with one attached hydrogen (secondary N) is 1. The van der Waals surface area contributed by atoms with Crippen molar-refractivity contribution < 1.29 is 38.3 Å². The molecule has 1 fully saturated rings. The van der Waals surface area contributed by atoms with E-state index >= 15 is 0 Å². The number of alkyl halides is 3. The van der Waals surface area contributed by atoms with Crippen LogP contribution in [-0.4, -0.2) is 77.2 Å². The van der Waals surface area contributed by atoms with E-state index in [2.05, 4.69) is 5.32 Å². The Balaban J connectivity index is 1.34. The summed E-state index contributed by atoms with van der Waals surface area (Å²) in [5, 5.41) is 42.4. The van der Waals surface area contributed by atoms with Crippen molar-refractivity contribution in [3.63, 3.8) is 0 Å². The molecule has 0 saturated carbocycles. The standard InChI is InChI=1S/C24H29F3N2O5S/c25-24(26,27)14-6-7-20-16(12-14)29(15-4-1-2-5-19(15)35-20)11-3-9-28-10-8-17-21(31)23(33)22(32)18(13-30)34-17/h1-2,4-7,12,17-18,21-23,28,30-33H,3,8-11,13H2/t17?,18-,21+,22-,23-/m1/s1. The Labute approximate surface area is 205 Å². The second-order valence-corrected chi connectivity index (χ2v) is 9.75. The van der Waals surface area contributed by atoms with Crippen molar-refractivity contribution in [3.8, 4) is 0 Å². The largest absolute Gasteiger partial charge is 0.416 e. The molecule has 5 atom stereocenters. The van der Waals surface area contributed by atoms with Crippen molar-refractivity contribution in [3.05, 3.63) is 48.0 Å². The molecule has 2 aromatic carbocycles. The van der Waals surface area contributed by atoms with Crippen LogP contribution in [0.4, 0.5) is 24.5 Å². The molecule has 0 spiro atoms. The summed E-state index contributed by atoms with van der Waals surface area (Å²) in [7, 11) is 0. The van der Waals surface area contributed by atoms with E-state index in [1.165, 1.54) is 23.9 Å². The van der Waals surface area contributed by atoms with Gasteiger partial charge in [-0.1, -0.05) is 23.9 Å². The fourth-order valence-electron chi connectivity index (χ4n) is 4.40. The van der Waals surface area contributed by atoms with Crippen LogP contribution < -0.4 is 10.2 Å². The highest BCUT2D eigenvalue weighted by atomic mass is 32.2. The topological polar surface area (TPSA) is 105 Å². The number of ether oxygens (including phenoxy) is 1. The van der Waals surface area contributed by atoms with Gasteiger partial charge in [0.15, 0.2) is 0 Å². The van der Waals surface area contributed by atoms with E-state index < -0.39 is 48.9 Å². The average molecular weight is 515 g/mol. The highest BCUT2D eigenvalue weighted by Gasteiger charge is 2.42. The number of hydrogen-bond donors (Lipinski definition) is 5. The minimum atomic E-state index is -4.42. The molecule has 2 aromatic rings. The zero-order valence-electron chi connectivity index (χ0n) is 18.9. The van der Waals surface area contributed by atoms with Crippen LogP contribution in [0.5, 0.6) is 0 Å². The van der Waals surface area contributed by atoms with Gasteiger partial charge in [-0.3, -0.25) is 0 Å². The van der Waals surface area contributed by atoms with Crippen LogP contribution in [0.2, 0.25) is 0 Å². The fraction of sp³-hybridized carbons (Fsp3) is 0.500. The third-order valence-corrected chi connectivity index (χ3v) is 7.42. The minimum Gasteiger partial charge on any atom is -0.394 e. The number of para-hydroxylation sites is 1. The molecule has 4 rings (SSSR count). The van der Waals surface area contributed by atoms with Gasteiger partial charge in [-0.15, -0.1) is 0 Å². The van der Waals surface area contributed by atoms with Gasteiger partial charge in [-0.2, -0.15) is 13.2 Å².